The highest BCUT2D eigenvalue weighted by Gasteiger charge is 2.34. The summed E-state index contributed by atoms with van der Waals surface area (Å²) in [4.78, 5) is 15.1. The van der Waals surface area contributed by atoms with Crippen molar-refractivity contribution in [2.24, 2.45) is 5.92 Å². The first-order valence-corrected chi connectivity index (χ1v) is 8.19. The normalized spacial score (nSPS) is 22.8. The maximum absolute atomic E-state index is 11.7. The zero-order valence-electron chi connectivity index (χ0n) is 11.5. The number of hydrogen-bond donors (Lipinski definition) is 1. The fraction of sp³-hybridized carbons (Fsp3) is 0.667. The number of likely N-dealkylation sites (tertiary alicyclic amines) is 1. The van der Waals surface area contributed by atoms with Gasteiger partial charge in [-0.1, -0.05) is 6.07 Å². The summed E-state index contributed by atoms with van der Waals surface area (Å²) in [6, 6.07) is 5.22. The summed E-state index contributed by atoms with van der Waals surface area (Å²) >= 11 is 1.84. The summed E-state index contributed by atoms with van der Waals surface area (Å²) in [5.41, 5.74) is 0. The quantitative estimate of drug-likeness (QED) is 0.868. The molecular formula is C15H22N2OS. The Balaban J connectivity index is 1.57. The van der Waals surface area contributed by atoms with Crippen LogP contribution in [0.25, 0.3) is 0 Å². The Kier molecular flexibility index (Phi) is 3.89. The van der Waals surface area contributed by atoms with Gasteiger partial charge in [0.15, 0.2) is 0 Å². The monoisotopic (exact) mass is 278 g/mol. The summed E-state index contributed by atoms with van der Waals surface area (Å²) < 4.78 is 0. The third kappa shape index (κ3) is 3.18. The van der Waals surface area contributed by atoms with Crippen molar-refractivity contribution in [1.29, 1.82) is 0 Å². The van der Waals surface area contributed by atoms with Crippen molar-refractivity contribution in [3.63, 3.8) is 0 Å². The van der Waals surface area contributed by atoms with Crippen molar-refractivity contribution in [2.45, 2.75) is 44.7 Å². The molecule has 1 saturated carbocycles. The Morgan fingerprint density at radius 1 is 1.53 bits per heavy atom. The molecule has 0 aromatic carbocycles. The molecule has 2 aliphatic rings. The van der Waals surface area contributed by atoms with Crippen LogP contribution in [0.15, 0.2) is 17.5 Å². The van der Waals surface area contributed by atoms with Crippen LogP contribution in [0.1, 0.15) is 43.5 Å². The number of amides is 1. The van der Waals surface area contributed by atoms with Crippen LogP contribution < -0.4 is 5.32 Å². The van der Waals surface area contributed by atoms with Gasteiger partial charge in [-0.2, -0.15) is 0 Å². The molecule has 2 unspecified atom stereocenters. The van der Waals surface area contributed by atoms with Crippen LogP contribution in [0.4, 0.5) is 0 Å². The van der Waals surface area contributed by atoms with Crippen molar-refractivity contribution < 1.29 is 4.79 Å². The second kappa shape index (κ2) is 5.63. The second-order valence-electron chi connectivity index (χ2n) is 5.84. The lowest BCUT2D eigenvalue weighted by Crippen LogP contribution is -2.41. The van der Waals surface area contributed by atoms with Gasteiger partial charge >= 0.3 is 0 Å². The number of carbonyl (C=O) groups is 1. The Morgan fingerprint density at radius 3 is 2.95 bits per heavy atom. The summed E-state index contributed by atoms with van der Waals surface area (Å²) in [6.45, 7) is 4.00. The molecule has 1 aliphatic heterocycles. The standard InChI is InChI=1S/C15H22N2OS/c1-11(10-17-8-2-5-14(17)18)16-15(12-6-7-12)13-4-3-9-19-13/h3-4,9,11-12,15-16H,2,5-8,10H2,1H3. The first-order chi connectivity index (χ1) is 9.24. The van der Waals surface area contributed by atoms with E-state index in [-0.39, 0.29) is 0 Å². The van der Waals surface area contributed by atoms with E-state index < -0.39 is 0 Å². The molecule has 3 rings (SSSR count). The highest BCUT2D eigenvalue weighted by atomic mass is 32.1. The minimum Gasteiger partial charge on any atom is -0.341 e. The van der Waals surface area contributed by atoms with Crippen molar-refractivity contribution in [3.8, 4) is 0 Å². The first kappa shape index (κ1) is 13.1. The summed E-state index contributed by atoms with van der Waals surface area (Å²) in [5.74, 6) is 1.13. The topological polar surface area (TPSA) is 32.3 Å². The van der Waals surface area contributed by atoms with Crippen molar-refractivity contribution in [3.05, 3.63) is 22.4 Å². The van der Waals surface area contributed by atoms with Gasteiger partial charge in [-0.15, -0.1) is 11.3 Å². The molecule has 1 aromatic rings. The Labute approximate surface area is 119 Å². The molecule has 0 bridgehead atoms. The van der Waals surface area contributed by atoms with Gasteiger partial charge in [0.1, 0.15) is 0 Å². The van der Waals surface area contributed by atoms with Crippen molar-refractivity contribution in [2.75, 3.05) is 13.1 Å². The van der Waals surface area contributed by atoms with Crippen LogP contribution in [0.5, 0.6) is 0 Å². The largest absolute Gasteiger partial charge is 0.341 e. The smallest absolute Gasteiger partial charge is 0.222 e. The molecule has 4 heteroatoms. The van der Waals surface area contributed by atoms with E-state index in [2.05, 4.69) is 29.8 Å². The molecule has 1 amide bonds. The third-order valence-electron chi connectivity index (χ3n) is 4.07. The van der Waals surface area contributed by atoms with E-state index in [0.717, 1.165) is 31.8 Å². The minimum atomic E-state index is 0.327. The molecule has 1 saturated heterocycles. The molecule has 2 heterocycles. The first-order valence-electron chi connectivity index (χ1n) is 7.31. The van der Waals surface area contributed by atoms with E-state index in [9.17, 15) is 4.79 Å². The number of thiophene rings is 1. The van der Waals surface area contributed by atoms with Gasteiger partial charge in [0.2, 0.25) is 5.91 Å². The predicted octanol–water partition coefficient (Wildman–Crippen LogP) is 2.80. The molecule has 1 aromatic heterocycles. The van der Waals surface area contributed by atoms with E-state index in [1.807, 2.05) is 16.2 Å². The fourth-order valence-corrected chi connectivity index (χ4v) is 3.81. The highest BCUT2D eigenvalue weighted by Crippen LogP contribution is 2.42. The number of nitrogens with zero attached hydrogens (tertiary/aromatic N) is 1. The van der Waals surface area contributed by atoms with E-state index in [1.165, 1.54) is 17.7 Å². The molecule has 1 aliphatic carbocycles. The molecule has 19 heavy (non-hydrogen) atoms. The molecule has 104 valence electrons. The van der Waals surface area contributed by atoms with Gasteiger partial charge in [0.05, 0.1) is 0 Å². The number of hydrogen-bond acceptors (Lipinski definition) is 3. The Hall–Kier alpha value is -0.870. The molecule has 0 spiro atoms. The van der Waals surface area contributed by atoms with Crippen LogP contribution in [-0.2, 0) is 4.79 Å². The van der Waals surface area contributed by atoms with Gasteiger partial charge in [-0.25, -0.2) is 0 Å². The van der Waals surface area contributed by atoms with Gasteiger partial charge in [-0.05, 0) is 43.6 Å². The lowest BCUT2D eigenvalue weighted by Gasteiger charge is -2.26. The van der Waals surface area contributed by atoms with E-state index in [4.69, 9.17) is 0 Å². The van der Waals surface area contributed by atoms with Gasteiger partial charge in [0.25, 0.3) is 0 Å². The zero-order chi connectivity index (χ0) is 13.2. The van der Waals surface area contributed by atoms with Crippen LogP contribution in [0, 0.1) is 5.92 Å². The lowest BCUT2D eigenvalue weighted by molar-refractivity contribution is -0.128. The van der Waals surface area contributed by atoms with Crippen LogP contribution in [0.3, 0.4) is 0 Å². The highest BCUT2D eigenvalue weighted by molar-refractivity contribution is 7.10. The van der Waals surface area contributed by atoms with E-state index in [0.29, 0.717) is 18.0 Å². The van der Waals surface area contributed by atoms with E-state index >= 15 is 0 Å². The maximum atomic E-state index is 11.7. The number of rotatable bonds is 6. The number of nitrogens with one attached hydrogen (secondary N) is 1. The van der Waals surface area contributed by atoms with Crippen molar-refractivity contribution >= 4 is 17.2 Å². The molecule has 3 nitrogen and oxygen atoms in total. The second-order valence-corrected chi connectivity index (χ2v) is 6.82. The average Bonchev–Trinajstić information content (AvgIpc) is 2.93. The molecule has 2 fully saturated rings. The Morgan fingerprint density at radius 2 is 2.37 bits per heavy atom. The van der Waals surface area contributed by atoms with Crippen LogP contribution in [-0.4, -0.2) is 29.9 Å². The predicted molar refractivity (Wildman–Crippen MR) is 78.2 cm³/mol. The third-order valence-corrected chi connectivity index (χ3v) is 5.03. The Bertz CT molecular complexity index is 427. The summed E-state index contributed by atoms with van der Waals surface area (Å²) in [6.07, 6.45) is 4.45. The maximum Gasteiger partial charge on any atom is 0.222 e. The van der Waals surface area contributed by atoms with Crippen LogP contribution >= 0.6 is 11.3 Å². The van der Waals surface area contributed by atoms with E-state index in [1.54, 1.807) is 0 Å². The molecule has 2 atom stereocenters. The van der Waals surface area contributed by atoms with Gasteiger partial charge < -0.3 is 10.2 Å². The minimum absolute atomic E-state index is 0.327. The molecule has 1 N–H and O–H groups in total. The summed E-state index contributed by atoms with van der Waals surface area (Å²) in [7, 11) is 0. The average molecular weight is 278 g/mol. The molecule has 0 radical (unpaired) electrons. The van der Waals surface area contributed by atoms with Crippen molar-refractivity contribution in [1.82, 2.24) is 10.2 Å². The summed E-state index contributed by atoms with van der Waals surface area (Å²) in [5, 5.41) is 5.90. The molecular weight excluding hydrogens is 256 g/mol. The van der Waals surface area contributed by atoms with Gasteiger partial charge in [0, 0.05) is 36.5 Å². The number of carbonyl (C=O) groups excluding carboxylic acids is 1. The van der Waals surface area contributed by atoms with Gasteiger partial charge in [-0.3, -0.25) is 4.79 Å². The fourth-order valence-electron chi connectivity index (χ4n) is 2.94. The lowest BCUT2D eigenvalue weighted by atomic mass is 10.1. The SMILES string of the molecule is CC(CN1CCCC1=O)NC(c1cccs1)C1CC1. The van der Waals surface area contributed by atoms with Crippen LogP contribution in [0.2, 0.25) is 0 Å². The zero-order valence-corrected chi connectivity index (χ0v) is 12.3.